The van der Waals surface area contributed by atoms with E-state index in [1.165, 1.54) is 24.8 Å². The van der Waals surface area contributed by atoms with E-state index < -0.39 is 5.82 Å². The Bertz CT molecular complexity index is 800. The van der Waals surface area contributed by atoms with E-state index in [1.54, 1.807) is 16.5 Å². The van der Waals surface area contributed by atoms with Gasteiger partial charge in [0.1, 0.15) is 5.82 Å². The average Bonchev–Trinajstić information content (AvgIpc) is 2.82. The van der Waals surface area contributed by atoms with Crippen LogP contribution in [0.15, 0.2) is 52.6 Å². The molecule has 2 heterocycles. The topological polar surface area (TPSA) is 47.3 Å². The number of fused-ring (bicyclic) bond motifs is 1. The van der Waals surface area contributed by atoms with E-state index in [0.29, 0.717) is 15.7 Å². The zero-order valence-corrected chi connectivity index (χ0v) is 11.4. The van der Waals surface area contributed by atoms with Crippen molar-refractivity contribution >= 4 is 23.2 Å². The number of Topliss-reactive ketones (excluding diaryl/α,β-unsaturated/α-hetero) is 1. The minimum Gasteiger partial charge on any atom is -0.294 e. The van der Waals surface area contributed by atoms with Crippen LogP contribution < -0.4 is 0 Å². The summed E-state index contributed by atoms with van der Waals surface area (Å²) in [4.78, 5) is 12.1. The maximum Gasteiger partial charge on any atom is 0.200 e. The molecule has 0 atom stereocenters. The SMILES string of the molecule is CC(=O)c1c(F)cccc1Sc1nnc2ccccn12. The van der Waals surface area contributed by atoms with E-state index in [2.05, 4.69) is 10.2 Å². The van der Waals surface area contributed by atoms with Gasteiger partial charge in [-0.3, -0.25) is 9.20 Å². The van der Waals surface area contributed by atoms with Crippen LogP contribution in [-0.2, 0) is 0 Å². The number of hydrogen-bond donors (Lipinski definition) is 0. The van der Waals surface area contributed by atoms with E-state index in [1.807, 2.05) is 24.4 Å². The monoisotopic (exact) mass is 287 g/mol. The Kier molecular flexibility index (Phi) is 3.23. The van der Waals surface area contributed by atoms with Crippen LogP contribution in [0.3, 0.4) is 0 Å². The average molecular weight is 287 g/mol. The standard InChI is InChI=1S/C14H10FN3OS/c1-9(19)13-10(15)5-4-6-11(13)20-14-17-16-12-7-2-3-8-18(12)14/h2-8H,1H3. The number of nitrogens with zero attached hydrogens (tertiary/aromatic N) is 3. The number of pyridine rings is 1. The van der Waals surface area contributed by atoms with Crippen molar-refractivity contribution in [1.29, 1.82) is 0 Å². The lowest BCUT2D eigenvalue weighted by atomic mass is 10.1. The molecule has 1 aromatic carbocycles. The van der Waals surface area contributed by atoms with Crippen molar-refractivity contribution in [2.45, 2.75) is 17.0 Å². The number of benzene rings is 1. The second-order valence-corrected chi connectivity index (χ2v) is 5.19. The molecule has 3 rings (SSSR count). The first-order valence-electron chi connectivity index (χ1n) is 5.94. The summed E-state index contributed by atoms with van der Waals surface area (Å²) in [6.07, 6.45) is 1.82. The molecular formula is C14H10FN3OS. The van der Waals surface area contributed by atoms with E-state index in [9.17, 15) is 9.18 Å². The maximum atomic E-state index is 13.8. The Balaban J connectivity index is 2.08. The normalized spacial score (nSPS) is 10.9. The van der Waals surface area contributed by atoms with Gasteiger partial charge in [-0.05, 0) is 43.0 Å². The molecule has 0 bridgehead atoms. The van der Waals surface area contributed by atoms with Crippen LogP contribution in [0.4, 0.5) is 4.39 Å². The minimum absolute atomic E-state index is 0.0881. The van der Waals surface area contributed by atoms with E-state index >= 15 is 0 Å². The molecule has 0 N–H and O–H groups in total. The first-order chi connectivity index (χ1) is 9.66. The number of ketones is 1. The number of hydrogen-bond acceptors (Lipinski definition) is 4. The highest BCUT2D eigenvalue weighted by atomic mass is 32.2. The molecule has 0 aliphatic rings. The molecular weight excluding hydrogens is 277 g/mol. The molecule has 0 radical (unpaired) electrons. The number of rotatable bonds is 3. The summed E-state index contributed by atoms with van der Waals surface area (Å²) in [5.41, 5.74) is 0.793. The number of carbonyl (C=O) groups excluding carboxylic acids is 1. The van der Waals surface area contributed by atoms with Gasteiger partial charge in [-0.25, -0.2) is 4.39 Å². The summed E-state index contributed by atoms with van der Waals surface area (Å²) in [7, 11) is 0. The van der Waals surface area contributed by atoms with Gasteiger partial charge < -0.3 is 0 Å². The molecule has 2 aromatic heterocycles. The number of carbonyl (C=O) groups is 1. The zero-order chi connectivity index (χ0) is 14.1. The molecule has 3 aromatic rings. The molecule has 0 saturated heterocycles. The van der Waals surface area contributed by atoms with E-state index in [-0.39, 0.29) is 11.3 Å². The third-order valence-corrected chi connectivity index (χ3v) is 3.83. The van der Waals surface area contributed by atoms with Crippen molar-refractivity contribution in [3.63, 3.8) is 0 Å². The predicted molar refractivity (Wildman–Crippen MR) is 73.5 cm³/mol. The lowest BCUT2D eigenvalue weighted by Gasteiger charge is -2.06. The molecule has 4 nitrogen and oxygen atoms in total. The highest BCUT2D eigenvalue weighted by Crippen LogP contribution is 2.31. The van der Waals surface area contributed by atoms with Crippen LogP contribution in [0.25, 0.3) is 5.65 Å². The van der Waals surface area contributed by atoms with Gasteiger partial charge >= 0.3 is 0 Å². The summed E-state index contributed by atoms with van der Waals surface area (Å²) >= 11 is 1.22. The van der Waals surface area contributed by atoms with Gasteiger partial charge in [0.2, 0.25) is 0 Å². The van der Waals surface area contributed by atoms with Crippen LogP contribution in [-0.4, -0.2) is 20.4 Å². The van der Waals surface area contributed by atoms with Gasteiger partial charge in [0.05, 0.1) is 5.56 Å². The largest absolute Gasteiger partial charge is 0.294 e. The van der Waals surface area contributed by atoms with Crippen LogP contribution in [0.1, 0.15) is 17.3 Å². The fourth-order valence-corrected chi connectivity index (χ4v) is 2.94. The number of halogens is 1. The van der Waals surface area contributed by atoms with Gasteiger partial charge in [-0.15, -0.1) is 10.2 Å². The van der Waals surface area contributed by atoms with Gasteiger partial charge in [-0.2, -0.15) is 0 Å². The minimum atomic E-state index is -0.517. The Morgan fingerprint density at radius 3 is 2.85 bits per heavy atom. The third-order valence-electron chi connectivity index (χ3n) is 2.81. The molecule has 0 fully saturated rings. The van der Waals surface area contributed by atoms with Gasteiger partial charge in [0.25, 0.3) is 0 Å². The molecule has 0 unspecified atom stereocenters. The molecule has 20 heavy (non-hydrogen) atoms. The Morgan fingerprint density at radius 2 is 2.05 bits per heavy atom. The van der Waals surface area contributed by atoms with Crippen molar-refractivity contribution in [2.75, 3.05) is 0 Å². The van der Waals surface area contributed by atoms with Crippen LogP contribution in [0.5, 0.6) is 0 Å². The Morgan fingerprint density at radius 1 is 1.20 bits per heavy atom. The Hall–Kier alpha value is -2.21. The van der Waals surface area contributed by atoms with Gasteiger partial charge in [0.15, 0.2) is 16.6 Å². The molecule has 100 valence electrons. The first-order valence-corrected chi connectivity index (χ1v) is 6.75. The second kappa shape index (κ2) is 5.05. The molecule has 0 aliphatic carbocycles. The van der Waals surface area contributed by atoms with Crippen LogP contribution in [0.2, 0.25) is 0 Å². The molecule has 0 spiro atoms. The predicted octanol–water partition coefficient (Wildman–Crippen LogP) is 3.22. The second-order valence-electron chi connectivity index (χ2n) is 4.18. The summed E-state index contributed by atoms with van der Waals surface area (Å²) < 4.78 is 15.6. The third kappa shape index (κ3) is 2.18. The summed E-state index contributed by atoms with van der Waals surface area (Å²) in [6, 6.07) is 10.1. The fourth-order valence-electron chi connectivity index (χ4n) is 1.92. The van der Waals surface area contributed by atoms with Crippen molar-refractivity contribution in [1.82, 2.24) is 14.6 Å². The summed E-state index contributed by atoms with van der Waals surface area (Å²) in [5.74, 6) is -0.823. The van der Waals surface area contributed by atoms with Crippen molar-refractivity contribution in [3.05, 3.63) is 54.0 Å². The quantitative estimate of drug-likeness (QED) is 0.694. The van der Waals surface area contributed by atoms with Gasteiger partial charge in [0, 0.05) is 11.1 Å². The summed E-state index contributed by atoms with van der Waals surface area (Å²) in [6.45, 7) is 1.35. The summed E-state index contributed by atoms with van der Waals surface area (Å²) in [5, 5.41) is 8.68. The van der Waals surface area contributed by atoms with E-state index in [0.717, 1.165) is 0 Å². The highest BCUT2D eigenvalue weighted by molar-refractivity contribution is 7.99. The van der Waals surface area contributed by atoms with Crippen molar-refractivity contribution in [3.8, 4) is 0 Å². The fraction of sp³-hybridized carbons (Fsp3) is 0.0714. The number of aromatic nitrogens is 3. The van der Waals surface area contributed by atoms with Crippen LogP contribution >= 0.6 is 11.8 Å². The molecule has 0 amide bonds. The van der Waals surface area contributed by atoms with Crippen molar-refractivity contribution < 1.29 is 9.18 Å². The highest BCUT2D eigenvalue weighted by Gasteiger charge is 2.16. The van der Waals surface area contributed by atoms with E-state index in [4.69, 9.17) is 0 Å². The molecule has 0 saturated carbocycles. The molecule has 6 heteroatoms. The first kappa shape index (κ1) is 12.8. The lowest BCUT2D eigenvalue weighted by molar-refractivity contribution is 0.101. The molecule has 0 aliphatic heterocycles. The smallest absolute Gasteiger partial charge is 0.200 e. The zero-order valence-electron chi connectivity index (χ0n) is 10.6. The van der Waals surface area contributed by atoms with Gasteiger partial charge in [-0.1, -0.05) is 12.1 Å². The lowest BCUT2D eigenvalue weighted by Crippen LogP contribution is -2.00. The maximum absolute atomic E-state index is 13.8. The Labute approximate surface area is 118 Å². The van der Waals surface area contributed by atoms with Crippen LogP contribution in [0, 0.1) is 5.82 Å². The van der Waals surface area contributed by atoms with Crippen molar-refractivity contribution in [2.24, 2.45) is 0 Å².